The fourth-order valence-corrected chi connectivity index (χ4v) is 3.45. The van der Waals surface area contributed by atoms with Crippen molar-refractivity contribution in [2.24, 2.45) is 0 Å². The number of hydrogen-bond acceptors (Lipinski definition) is 3. The molecule has 2 rings (SSSR count). The monoisotopic (exact) mass is 418 g/mol. The Kier molecular flexibility index (Phi) is 4.51. The molecular formula is C13H12Br2N2O2S. The Morgan fingerprint density at radius 3 is 2.35 bits per heavy atom. The molecule has 4 nitrogen and oxygen atoms in total. The molecule has 0 unspecified atom stereocenters. The van der Waals surface area contributed by atoms with E-state index >= 15 is 0 Å². The first-order valence-electron chi connectivity index (χ1n) is 5.86. The highest BCUT2D eigenvalue weighted by Crippen LogP contribution is 2.34. The third-order valence-electron chi connectivity index (χ3n) is 3.00. The van der Waals surface area contributed by atoms with Crippen molar-refractivity contribution >= 4 is 61.2 Å². The zero-order valence-corrected chi connectivity index (χ0v) is 14.8. The van der Waals surface area contributed by atoms with Crippen molar-refractivity contribution in [1.29, 1.82) is 0 Å². The predicted molar refractivity (Wildman–Crippen MR) is 89.2 cm³/mol. The van der Waals surface area contributed by atoms with Crippen molar-refractivity contribution < 1.29 is 9.90 Å². The molecule has 1 N–H and O–H groups in total. The molecule has 0 radical (unpaired) electrons. The Morgan fingerprint density at radius 2 is 1.90 bits per heavy atom. The van der Waals surface area contributed by atoms with Crippen molar-refractivity contribution in [2.45, 2.75) is 6.92 Å². The maximum Gasteiger partial charge on any atom is 0.276 e. The van der Waals surface area contributed by atoms with Crippen LogP contribution in [0.3, 0.4) is 0 Å². The fourth-order valence-electron chi connectivity index (χ4n) is 1.92. The van der Waals surface area contributed by atoms with Crippen molar-refractivity contribution in [2.75, 3.05) is 13.6 Å². The molecule has 0 aliphatic carbocycles. The van der Waals surface area contributed by atoms with Gasteiger partial charge in [-0.1, -0.05) is 0 Å². The molecule has 0 aromatic heterocycles. The SMILES string of the molecule is CCN1C(=O)/C(=C/c2cc(Br)c(O)c(Br)c2)N(C)C1=S. The highest BCUT2D eigenvalue weighted by atomic mass is 79.9. The number of carbonyl (C=O) groups is 1. The second-order valence-corrected chi connectivity index (χ2v) is 6.33. The van der Waals surface area contributed by atoms with Crippen LogP contribution in [0.1, 0.15) is 12.5 Å². The van der Waals surface area contributed by atoms with Gasteiger partial charge < -0.3 is 10.0 Å². The minimum absolute atomic E-state index is 0.111. The minimum atomic E-state index is -0.111. The quantitative estimate of drug-likeness (QED) is 0.589. The largest absolute Gasteiger partial charge is 0.506 e. The Bertz CT molecular complexity index is 608. The molecule has 106 valence electrons. The highest BCUT2D eigenvalue weighted by Gasteiger charge is 2.34. The van der Waals surface area contributed by atoms with Crippen molar-refractivity contribution in [3.63, 3.8) is 0 Å². The standard InChI is InChI=1S/C13H12Br2N2O2S/c1-3-17-12(19)10(16(2)13(17)20)6-7-4-8(14)11(18)9(15)5-7/h4-6,18H,3H2,1-2H3/b10-6-. The van der Waals surface area contributed by atoms with E-state index in [9.17, 15) is 9.90 Å². The maximum absolute atomic E-state index is 12.3. The van der Waals surface area contributed by atoms with Crippen molar-refractivity contribution in [3.05, 3.63) is 32.3 Å². The second kappa shape index (κ2) is 5.83. The average molecular weight is 420 g/mol. The van der Waals surface area contributed by atoms with E-state index < -0.39 is 0 Å². The van der Waals surface area contributed by atoms with Gasteiger partial charge in [0.2, 0.25) is 0 Å². The van der Waals surface area contributed by atoms with E-state index in [1.807, 2.05) is 6.92 Å². The van der Waals surface area contributed by atoms with Gasteiger partial charge in [-0.05, 0) is 74.8 Å². The summed E-state index contributed by atoms with van der Waals surface area (Å²) >= 11 is 11.8. The van der Waals surface area contributed by atoms with Crippen LogP contribution in [0.2, 0.25) is 0 Å². The Morgan fingerprint density at radius 1 is 1.35 bits per heavy atom. The third kappa shape index (κ3) is 2.62. The summed E-state index contributed by atoms with van der Waals surface area (Å²) in [6.07, 6.45) is 1.75. The summed E-state index contributed by atoms with van der Waals surface area (Å²) in [4.78, 5) is 15.5. The van der Waals surface area contributed by atoms with Crippen LogP contribution in [0.4, 0.5) is 0 Å². The molecule has 0 spiro atoms. The lowest BCUT2D eigenvalue weighted by atomic mass is 10.2. The van der Waals surface area contributed by atoms with Gasteiger partial charge >= 0.3 is 0 Å². The molecular weight excluding hydrogens is 408 g/mol. The number of rotatable bonds is 2. The Hall–Kier alpha value is -0.920. The lowest BCUT2D eigenvalue weighted by Crippen LogP contribution is -2.30. The van der Waals surface area contributed by atoms with Crippen molar-refractivity contribution in [3.8, 4) is 5.75 Å². The summed E-state index contributed by atoms with van der Waals surface area (Å²) in [5.74, 6) is 0.0179. The van der Waals surface area contributed by atoms with Gasteiger partial charge in [0, 0.05) is 13.6 Å². The van der Waals surface area contributed by atoms with E-state index in [1.54, 1.807) is 35.1 Å². The normalized spacial score (nSPS) is 17.5. The molecule has 1 aromatic rings. The van der Waals surface area contributed by atoms with Crippen LogP contribution in [-0.4, -0.2) is 39.5 Å². The molecule has 1 amide bonds. The molecule has 1 aromatic carbocycles. The minimum Gasteiger partial charge on any atom is -0.506 e. The smallest absolute Gasteiger partial charge is 0.276 e. The van der Waals surface area contributed by atoms with Crippen LogP contribution in [0, 0.1) is 0 Å². The number of phenols is 1. The molecule has 20 heavy (non-hydrogen) atoms. The van der Waals surface area contributed by atoms with Crippen LogP contribution >= 0.6 is 44.1 Å². The predicted octanol–water partition coefficient (Wildman–Crippen LogP) is 3.34. The molecule has 0 bridgehead atoms. The first-order valence-corrected chi connectivity index (χ1v) is 7.85. The van der Waals surface area contributed by atoms with Crippen molar-refractivity contribution in [1.82, 2.24) is 9.80 Å². The zero-order chi connectivity index (χ0) is 15.0. The molecule has 1 saturated heterocycles. The number of halogens is 2. The van der Waals surface area contributed by atoms with Gasteiger partial charge in [-0.2, -0.15) is 0 Å². The van der Waals surface area contributed by atoms with E-state index in [1.165, 1.54) is 0 Å². The summed E-state index contributed by atoms with van der Waals surface area (Å²) in [5.41, 5.74) is 1.30. The zero-order valence-electron chi connectivity index (χ0n) is 10.9. The molecule has 1 aliphatic rings. The molecule has 1 fully saturated rings. The van der Waals surface area contributed by atoms with Gasteiger partial charge in [-0.15, -0.1) is 0 Å². The lowest BCUT2D eigenvalue weighted by molar-refractivity contribution is -0.122. The number of carbonyl (C=O) groups excluding carboxylic acids is 1. The van der Waals surface area contributed by atoms with Crippen LogP contribution in [-0.2, 0) is 4.79 Å². The fraction of sp³-hybridized carbons (Fsp3) is 0.231. The number of benzene rings is 1. The van der Waals surface area contributed by atoms with Gasteiger partial charge in [-0.3, -0.25) is 9.69 Å². The Balaban J connectivity index is 2.46. The number of amides is 1. The number of likely N-dealkylation sites (N-methyl/N-ethyl adjacent to an activating group) is 2. The summed E-state index contributed by atoms with van der Waals surface area (Å²) in [6, 6.07) is 3.48. The number of nitrogens with zero attached hydrogens (tertiary/aromatic N) is 2. The molecule has 7 heteroatoms. The topological polar surface area (TPSA) is 43.8 Å². The van der Waals surface area contributed by atoms with Gasteiger partial charge in [0.25, 0.3) is 5.91 Å². The van der Waals surface area contributed by atoms with Crippen LogP contribution in [0.5, 0.6) is 5.75 Å². The van der Waals surface area contributed by atoms with E-state index in [4.69, 9.17) is 12.2 Å². The summed E-state index contributed by atoms with van der Waals surface area (Å²) in [5, 5.41) is 10.2. The Labute approximate surface area is 139 Å². The molecule has 1 aliphatic heterocycles. The second-order valence-electron chi connectivity index (χ2n) is 4.25. The van der Waals surface area contributed by atoms with Crippen LogP contribution in [0.25, 0.3) is 6.08 Å². The maximum atomic E-state index is 12.3. The summed E-state index contributed by atoms with van der Waals surface area (Å²) in [7, 11) is 1.77. The lowest BCUT2D eigenvalue weighted by Gasteiger charge is -2.13. The molecule has 0 atom stereocenters. The highest BCUT2D eigenvalue weighted by molar-refractivity contribution is 9.11. The first-order chi connectivity index (χ1) is 9.36. The number of hydrogen-bond donors (Lipinski definition) is 1. The number of phenolic OH excluding ortho intramolecular Hbond substituents is 1. The van der Waals surface area contributed by atoms with Crippen LogP contribution < -0.4 is 0 Å². The summed E-state index contributed by atoms with van der Waals surface area (Å²) in [6.45, 7) is 2.43. The van der Waals surface area contributed by atoms with E-state index in [0.717, 1.165) is 5.56 Å². The van der Waals surface area contributed by atoms with E-state index in [2.05, 4.69) is 31.9 Å². The summed E-state index contributed by atoms with van der Waals surface area (Å²) < 4.78 is 1.11. The first kappa shape index (κ1) is 15.5. The van der Waals surface area contributed by atoms with Gasteiger partial charge in [0.15, 0.2) is 5.11 Å². The van der Waals surface area contributed by atoms with Gasteiger partial charge in [0.05, 0.1) is 8.95 Å². The van der Waals surface area contributed by atoms with Crippen LogP contribution in [0.15, 0.2) is 26.8 Å². The third-order valence-corrected chi connectivity index (χ3v) is 4.71. The number of aromatic hydroxyl groups is 1. The van der Waals surface area contributed by atoms with Gasteiger partial charge in [0.1, 0.15) is 11.4 Å². The van der Waals surface area contributed by atoms with E-state index in [0.29, 0.717) is 26.3 Å². The van der Waals surface area contributed by atoms with Gasteiger partial charge in [-0.25, -0.2) is 0 Å². The number of thiocarbonyl (C=S) groups is 1. The van der Waals surface area contributed by atoms with E-state index in [-0.39, 0.29) is 11.7 Å². The molecule has 0 saturated carbocycles. The molecule has 1 heterocycles. The average Bonchev–Trinajstić information content (AvgIpc) is 2.60.